The molecule has 0 amide bonds. The maximum absolute atomic E-state index is 11.4. The number of rotatable bonds is 2. The van der Waals surface area contributed by atoms with Gasteiger partial charge < -0.3 is 14.9 Å². The minimum atomic E-state index is -0.329. The van der Waals surface area contributed by atoms with Crippen molar-refractivity contribution in [3.8, 4) is 5.75 Å². The van der Waals surface area contributed by atoms with Crippen molar-refractivity contribution < 1.29 is 14.9 Å². The lowest BCUT2D eigenvalue weighted by Gasteiger charge is -2.60. The fourth-order valence-corrected chi connectivity index (χ4v) is 8.15. The Hall–Kier alpha value is -1.32. The Morgan fingerprint density at radius 1 is 0.933 bits per heavy atom. The van der Waals surface area contributed by atoms with Crippen LogP contribution in [0.1, 0.15) is 70.8 Å². The Bertz CT molecular complexity index is 814. The van der Waals surface area contributed by atoms with Gasteiger partial charge in [-0.3, -0.25) is 0 Å². The third kappa shape index (κ3) is 3.07. The quantitative estimate of drug-likeness (QED) is 0.681. The topological polar surface area (TPSA) is 49.7 Å². The molecule has 0 saturated heterocycles. The average molecular weight is 411 g/mol. The molecular formula is C27H38O3. The highest BCUT2D eigenvalue weighted by Crippen LogP contribution is 2.67. The summed E-state index contributed by atoms with van der Waals surface area (Å²) >= 11 is 0. The summed E-state index contributed by atoms with van der Waals surface area (Å²) < 4.78 is 5.29. The van der Waals surface area contributed by atoms with Crippen molar-refractivity contribution in [2.45, 2.75) is 77.4 Å². The van der Waals surface area contributed by atoms with Gasteiger partial charge in [0, 0.05) is 5.41 Å². The molecule has 1 aromatic carbocycles. The summed E-state index contributed by atoms with van der Waals surface area (Å²) in [5, 5.41) is 21.6. The number of hydrogen-bond acceptors (Lipinski definition) is 3. The third-order valence-corrected chi connectivity index (χ3v) is 9.98. The van der Waals surface area contributed by atoms with Gasteiger partial charge in [-0.25, -0.2) is 0 Å². The van der Waals surface area contributed by atoms with Gasteiger partial charge in [0.1, 0.15) is 5.75 Å². The Kier molecular flexibility index (Phi) is 5.06. The van der Waals surface area contributed by atoms with Crippen LogP contribution in [0.25, 0.3) is 6.08 Å². The van der Waals surface area contributed by atoms with E-state index in [1.165, 1.54) is 31.3 Å². The summed E-state index contributed by atoms with van der Waals surface area (Å²) in [6.45, 7) is 4.88. The molecule has 8 unspecified atom stereocenters. The van der Waals surface area contributed by atoms with Gasteiger partial charge in [0.25, 0.3) is 0 Å². The van der Waals surface area contributed by atoms with E-state index in [4.69, 9.17) is 4.74 Å². The van der Waals surface area contributed by atoms with Crippen LogP contribution < -0.4 is 4.74 Å². The van der Waals surface area contributed by atoms with E-state index in [1.54, 1.807) is 7.11 Å². The largest absolute Gasteiger partial charge is 0.497 e. The summed E-state index contributed by atoms with van der Waals surface area (Å²) in [7, 11) is 1.69. The Labute approximate surface area is 181 Å². The van der Waals surface area contributed by atoms with E-state index in [0.29, 0.717) is 17.3 Å². The predicted octanol–water partition coefficient (Wildman–Crippen LogP) is 5.45. The fourth-order valence-electron chi connectivity index (χ4n) is 8.15. The summed E-state index contributed by atoms with van der Waals surface area (Å²) in [6.07, 6.45) is 10.9. The van der Waals surface area contributed by atoms with Crippen LogP contribution in [0.5, 0.6) is 5.75 Å². The molecule has 4 aliphatic rings. The minimum absolute atomic E-state index is 0.0108. The zero-order valence-corrected chi connectivity index (χ0v) is 18.8. The molecule has 3 heteroatoms. The molecule has 4 saturated carbocycles. The first-order valence-corrected chi connectivity index (χ1v) is 12.1. The fraction of sp³-hybridized carbons (Fsp3) is 0.704. The third-order valence-electron chi connectivity index (χ3n) is 9.98. The molecular weight excluding hydrogens is 372 g/mol. The number of benzene rings is 1. The van der Waals surface area contributed by atoms with Crippen LogP contribution in [-0.4, -0.2) is 29.5 Å². The van der Waals surface area contributed by atoms with Gasteiger partial charge in [0.2, 0.25) is 0 Å². The highest BCUT2D eigenvalue weighted by Gasteiger charge is 2.61. The lowest BCUT2D eigenvalue weighted by atomic mass is 9.45. The van der Waals surface area contributed by atoms with Gasteiger partial charge in [0.05, 0.1) is 19.3 Å². The molecule has 164 valence electrons. The highest BCUT2D eigenvalue weighted by atomic mass is 16.5. The van der Waals surface area contributed by atoms with Gasteiger partial charge in [0.15, 0.2) is 0 Å². The van der Waals surface area contributed by atoms with Crippen LogP contribution in [0.3, 0.4) is 0 Å². The maximum Gasteiger partial charge on any atom is 0.118 e. The summed E-state index contributed by atoms with van der Waals surface area (Å²) in [5.41, 5.74) is 2.77. The molecule has 4 aliphatic carbocycles. The number of hydrogen-bond donors (Lipinski definition) is 2. The Balaban J connectivity index is 1.41. The molecule has 0 aliphatic heterocycles. The Morgan fingerprint density at radius 3 is 2.40 bits per heavy atom. The molecule has 5 rings (SSSR count). The van der Waals surface area contributed by atoms with Crippen LogP contribution in [0, 0.1) is 34.5 Å². The van der Waals surface area contributed by atoms with Crippen molar-refractivity contribution in [3.05, 3.63) is 35.4 Å². The Morgan fingerprint density at radius 2 is 1.67 bits per heavy atom. The minimum Gasteiger partial charge on any atom is -0.497 e. The summed E-state index contributed by atoms with van der Waals surface area (Å²) in [4.78, 5) is 0. The first-order valence-electron chi connectivity index (χ1n) is 12.1. The molecule has 0 bridgehead atoms. The van der Waals surface area contributed by atoms with Gasteiger partial charge in [-0.2, -0.15) is 0 Å². The van der Waals surface area contributed by atoms with Gasteiger partial charge in [-0.05, 0) is 104 Å². The molecule has 0 aromatic heterocycles. The average Bonchev–Trinajstić information content (AvgIpc) is 3.00. The zero-order valence-electron chi connectivity index (χ0n) is 18.8. The standard InChI is InChI=1S/C27H38O3/c1-26-12-10-20(28)16-19(26)6-9-22-23(26)11-13-27(2)24(22)15-18(25(27)29)14-17-4-7-21(30-3)8-5-17/h4-5,7-8,14,19-20,22-25,28-29H,6,9-13,15-16H2,1-3H3. The van der Waals surface area contributed by atoms with Gasteiger partial charge in [-0.1, -0.05) is 32.1 Å². The van der Waals surface area contributed by atoms with E-state index < -0.39 is 0 Å². The SMILES string of the molecule is COc1ccc(C=C2CC3C4CCC5CC(O)CCC5(C)C4CCC3(C)C2O)cc1. The molecule has 3 nitrogen and oxygen atoms in total. The van der Waals surface area contributed by atoms with E-state index in [0.717, 1.165) is 48.8 Å². The first kappa shape index (κ1) is 20.6. The molecule has 0 heterocycles. The van der Waals surface area contributed by atoms with Crippen molar-refractivity contribution in [1.29, 1.82) is 0 Å². The lowest BCUT2D eigenvalue weighted by Crippen LogP contribution is -2.54. The van der Waals surface area contributed by atoms with Crippen molar-refractivity contribution in [3.63, 3.8) is 0 Å². The van der Waals surface area contributed by atoms with E-state index in [9.17, 15) is 10.2 Å². The normalized spacial score (nSPS) is 46.8. The maximum atomic E-state index is 11.4. The number of fused-ring (bicyclic) bond motifs is 5. The van der Waals surface area contributed by atoms with Gasteiger partial charge >= 0.3 is 0 Å². The van der Waals surface area contributed by atoms with Crippen molar-refractivity contribution in [2.75, 3.05) is 7.11 Å². The van der Waals surface area contributed by atoms with Crippen LogP contribution >= 0.6 is 0 Å². The van der Waals surface area contributed by atoms with Crippen molar-refractivity contribution >= 4 is 6.08 Å². The number of ether oxygens (including phenoxy) is 1. The monoisotopic (exact) mass is 410 g/mol. The molecule has 4 fully saturated rings. The van der Waals surface area contributed by atoms with E-state index in [2.05, 4.69) is 32.1 Å². The zero-order chi connectivity index (χ0) is 21.1. The smallest absolute Gasteiger partial charge is 0.118 e. The molecule has 30 heavy (non-hydrogen) atoms. The highest BCUT2D eigenvalue weighted by molar-refractivity contribution is 5.56. The van der Waals surface area contributed by atoms with E-state index in [1.807, 2.05) is 12.1 Å². The molecule has 0 spiro atoms. The van der Waals surface area contributed by atoms with Gasteiger partial charge in [-0.15, -0.1) is 0 Å². The van der Waals surface area contributed by atoms with Crippen molar-refractivity contribution in [1.82, 2.24) is 0 Å². The van der Waals surface area contributed by atoms with E-state index >= 15 is 0 Å². The molecule has 2 N–H and O–H groups in total. The number of aliphatic hydroxyl groups excluding tert-OH is 2. The summed E-state index contributed by atoms with van der Waals surface area (Å²) in [5.74, 6) is 3.62. The second kappa shape index (κ2) is 7.38. The number of aliphatic hydroxyl groups is 2. The lowest BCUT2D eigenvalue weighted by molar-refractivity contribution is -0.133. The second-order valence-electron chi connectivity index (χ2n) is 11.2. The number of methoxy groups -OCH3 is 1. The van der Waals surface area contributed by atoms with Crippen LogP contribution in [-0.2, 0) is 0 Å². The second-order valence-corrected chi connectivity index (χ2v) is 11.2. The van der Waals surface area contributed by atoms with Crippen LogP contribution in [0.2, 0.25) is 0 Å². The molecule has 1 aromatic rings. The van der Waals surface area contributed by atoms with Crippen LogP contribution in [0.4, 0.5) is 0 Å². The first-order chi connectivity index (χ1) is 14.3. The van der Waals surface area contributed by atoms with Crippen LogP contribution in [0.15, 0.2) is 29.8 Å². The predicted molar refractivity (Wildman–Crippen MR) is 120 cm³/mol. The molecule has 0 radical (unpaired) electrons. The summed E-state index contributed by atoms with van der Waals surface area (Å²) in [6, 6.07) is 8.17. The van der Waals surface area contributed by atoms with Crippen molar-refractivity contribution in [2.24, 2.45) is 34.5 Å². The molecule has 8 atom stereocenters. The van der Waals surface area contributed by atoms with E-state index in [-0.39, 0.29) is 17.6 Å².